The molecule has 1 rings (SSSR count). The maximum absolute atomic E-state index is 10.9. The fourth-order valence-corrected chi connectivity index (χ4v) is 1.29. The first kappa shape index (κ1) is 12.5. The SMILES string of the molecule is CNCC#Cc1cnc(SC)nc1C(=O)O. The van der Waals surface area contributed by atoms with Gasteiger partial charge in [-0.15, -0.1) is 0 Å². The molecular weight excluding hydrogens is 226 g/mol. The fourth-order valence-electron chi connectivity index (χ4n) is 0.946. The van der Waals surface area contributed by atoms with E-state index in [-0.39, 0.29) is 5.69 Å². The third-order valence-electron chi connectivity index (χ3n) is 1.64. The van der Waals surface area contributed by atoms with E-state index in [1.807, 2.05) is 0 Å². The first-order valence-electron chi connectivity index (χ1n) is 4.46. The lowest BCUT2D eigenvalue weighted by atomic mass is 10.2. The summed E-state index contributed by atoms with van der Waals surface area (Å²) in [5.74, 6) is 4.40. The van der Waals surface area contributed by atoms with Gasteiger partial charge in [-0.25, -0.2) is 14.8 Å². The molecule has 0 radical (unpaired) electrons. The van der Waals surface area contributed by atoms with Gasteiger partial charge in [0.25, 0.3) is 0 Å². The smallest absolute Gasteiger partial charge is 0.355 e. The van der Waals surface area contributed by atoms with E-state index in [1.54, 1.807) is 13.3 Å². The predicted octanol–water partition coefficient (Wildman–Crippen LogP) is 0.468. The molecule has 0 aliphatic rings. The minimum atomic E-state index is -1.09. The standard InChI is InChI=1S/C10H11N3O2S/c1-11-5-3-4-7-6-12-10(16-2)13-8(7)9(14)15/h6,11H,5H2,1-2H3,(H,14,15). The number of rotatable bonds is 3. The van der Waals surface area contributed by atoms with Gasteiger partial charge in [0.05, 0.1) is 12.1 Å². The lowest BCUT2D eigenvalue weighted by Gasteiger charge is -1.99. The Labute approximate surface area is 97.7 Å². The minimum absolute atomic E-state index is 0.0528. The first-order valence-corrected chi connectivity index (χ1v) is 5.69. The van der Waals surface area contributed by atoms with Crippen LogP contribution in [-0.4, -0.2) is 40.9 Å². The van der Waals surface area contributed by atoms with E-state index in [2.05, 4.69) is 27.1 Å². The van der Waals surface area contributed by atoms with Crippen LogP contribution in [-0.2, 0) is 0 Å². The lowest BCUT2D eigenvalue weighted by molar-refractivity contribution is 0.0689. The normalized spacial score (nSPS) is 9.38. The summed E-state index contributed by atoms with van der Waals surface area (Å²) < 4.78 is 0. The van der Waals surface area contributed by atoms with Crippen molar-refractivity contribution >= 4 is 17.7 Å². The number of carboxylic acid groups (broad SMARTS) is 1. The van der Waals surface area contributed by atoms with Crippen LogP contribution >= 0.6 is 11.8 Å². The second-order valence-electron chi connectivity index (χ2n) is 2.76. The molecule has 6 heteroatoms. The summed E-state index contributed by atoms with van der Waals surface area (Å²) >= 11 is 1.29. The van der Waals surface area contributed by atoms with Crippen LogP contribution in [0.25, 0.3) is 0 Å². The molecule has 0 aliphatic heterocycles. The van der Waals surface area contributed by atoms with E-state index < -0.39 is 5.97 Å². The molecule has 1 aromatic rings. The van der Waals surface area contributed by atoms with Gasteiger partial charge in [0.15, 0.2) is 10.9 Å². The summed E-state index contributed by atoms with van der Waals surface area (Å²) in [4.78, 5) is 18.8. The number of nitrogens with zero attached hydrogens (tertiary/aromatic N) is 2. The Morgan fingerprint density at radius 2 is 2.44 bits per heavy atom. The molecule has 84 valence electrons. The van der Waals surface area contributed by atoms with Crippen molar-refractivity contribution < 1.29 is 9.90 Å². The second kappa shape index (κ2) is 6.10. The van der Waals surface area contributed by atoms with Crippen molar-refractivity contribution in [3.63, 3.8) is 0 Å². The van der Waals surface area contributed by atoms with Gasteiger partial charge in [0.1, 0.15) is 0 Å². The van der Waals surface area contributed by atoms with Gasteiger partial charge in [0.2, 0.25) is 0 Å². The molecule has 1 aromatic heterocycles. The van der Waals surface area contributed by atoms with Crippen molar-refractivity contribution in [2.24, 2.45) is 0 Å². The third-order valence-corrected chi connectivity index (χ3v) is 2.20. The molecule has 0 bridgehead atoms. The molecule has 0 saturated carbocycles. The molecule has 2 N–H and O–H groups in total. The van der Waals surface area contributed by atoms with Gasteiger partial charge >= 0.3 is 5.97 Å². The van der Waals surface area contributed by atoms with Crippen LogP contribution < -0.4 is 5.32 Å². The number of aromatic nitrogens is 2. The predicted molar refractivity (Wildman–Crippen MR) is 61.6 cm³/mol. The van der Waals surface area contributed by atoms with Crippen molar-refractivity contribution in [2.75, 3.05) is 19.8 Å². The average Bonchev–Trinajstić information content (AvgIpc) is 2.29. The zero-order valence-corrected chi connectivity index (χ0v) is 9.76. The number of carbonyl (C=O) groups is 1. The summed E-state index contributed by atoms with van der Waals surface area (Å²) in [7, 11) is 1.76. The van der Waals surface area contributed by atoms with Crippen molar-refractivity contribution in [1.29, 1.82) is 0 Å². The van der Waals surface area contributed by atoms with Crippen LogP contribution in [0.2, 0.25) is 0 Å². The number of nitrogens with one attached hydrogen (secondary N) is 1. The summed E-state index contributed by atoms with van der Waals surface area (Å²) in [6.45, 7) is 0.489. The molecule has 0 amide bonds. The van der Waals surface area contributed by atoms with Gasteiger partial charge in [-0.05, 0) is 13.3 Å². The van der Waals surface area contributed by atoms with Gasteiger partial charge in [-0.1, -0.05) is 23.6 Å². The third kappa shape index (κ3) is 3.22. The monoisotopic (exact) mass is 237 g/mol. The summed E-state index contributed by atoms with van der Waals surface area (Å²) in [6, 6.07) is 0. The maximum Gasteiger partial charge on any atom is 0.355 e. The summed E-state index contributed by atoms with van der Waals surface area (Å²) in [6.07, 6.45) is 3.22. The van der Waals surface area contributed by atoms with Crippen LogP contribution in [0, 0.1) is 11.8 Å². The molecule has 1 heterocycles. The Morgan fingerprint density at radius 1 is 1.69 bits per heavy atom. The van der Waals surface area contributed by atoms with Gasteiger partial charge < -0.3 is 10.4 Å². The minimum Gasteiger partial charge on any atom is -0.476 e. The van der Waals surface area contributed by atoms with E-state index in [0.717, 1.165) is 0 Å². The zero-order valence-electron chi connectivity index (χ0n) is 8.94. The Morgan fingerprint density at radius 3 is 3.00 bits per heavy atom. The number of hydrogen-bond acceptors (Lipinski definition) is 5. The lowest BCUT2D eigenvalue weighted by Crippen LogP contribution is -2.07. The highest BCUT2D eigenvalue weighted by molar-refractivity contribution is 7.98. The van der Waals surface area contributed by atoms with Crippen LogP contribution in [0.15, 0.2) is 11.4 Å². The van der Waals surface area contributed by atoms with Crippen molar-refractivity contribution in [2.45, 2.75) is 5.16 Å². The van der Waals surface area contributed by atoms with E-state index in [4.69, 9.17) is 5.11 Å². The Bertz CT molecular complexity index is 451. The molecule has 0 aliphatic carbocycles. The molecule has 0 aromatic carbocycles. The highest BCUT2D eigenvalue weighted by atomic mass is 32.2. The van der Waals surface area contributed by atoms with E-state index in [9.17, 15) is 4.79 Å². The van der Waals surface area contributed by atoms with Gasteiger partial charge in [-0.3, -0.25) is 0 Å². The Hall–Kier alpha value is -1.58. The van der Waals surface area contributed by atoms with Crippen molar-refractivity contribution in [3.05, 3.63) is 17.5 Å². The molecule has 16 heavy (non-hydrogen) atoms. The van der Waals surface area contributed by atoms with Crippen LogP contribution in [0.4, 0.5) is 0 Å². The maximum atomic E-state index is 10.9. The topological polar surface area (TPSA) is 75.1 Å². The van der Waals surface area contributed by atoms with Crippen LogP contribution in [0.5, 0.6) is 0 Å². The Balaban J connectivity index is 3.09. The number of carboxylic acids is 1. The van der Waals surface area contributed by atoms with E-state index in [1.165, 1.54) is 18.0 Å². The summed E-state index contributed by atoms with van der Waals surface area (Å²) in [5, 5.41) is 12.2. The highest BCUT2D eigenvalue weighted by Gasteiger charge is 2.12. The van der Waals surface area contributed by atoms with E-state index in [0.29, 0.717) is 17.3 Å². The van der Waals surface area contributed by atoms with Crippen LogP contribution in [0.3, 0.4) is 0 Å². The first-order chi connectivity index (χ1) is 7.69. The van der Waals surface area contributed by atoms with Crippen molar-refractivity contribution in [3.8, 4) is 11.8 Å². The molecule has 0 fully saturated rings. The Kier molecular flexibility index (Phi) is 4.76. The zero-order chi connectivity index (χ0) is 12.0. The summed E-state index contributed by atoms with van der Waals surface area (Å²) in [5.41, 5.74) is 0.281. The molecule has 0 atom stereocenters. The van der Waals surface area contributed by atoms with Gasteiger partial charge in [-0.2, -0.15) is 0 Å². The van der Waals surface area contributed by atoms with Gasteiger partial charge in [0, 0.05) is 6.20 Å². The fraction of sp³-hybridized carbons (Fsp3) is 0.300. The number of aromatic carboxylic acids is 1. The molecular formula is C10H11N3O2S. The highest BCUT2D eigenvalue weighted by Crippen LogP contribution is 2.11. The molecule has 0 saturated heterocycles. The van der Waals surface area contributed by atoms with Crippen molar-refractivity contribution in [1.82, 2.24) is 15.3 Å². The molecule has 0 unspecified atom stereocenters. The average molecular weight is 237 g/mol. The second-order valence-corrected chi connectivity index (χ2v) is 3.53. The van der Waals surface area contributed by atoms with E-state index >= 15 is 0 Å². The molecule has 5 nitrogen and oxygen atoms in total. The largest absolute Gasteiger partial charge is 0.476 e. The quantitative estimate of drug-likeness (QED) is 0.452. The molecule has 0 spiro atoms. The van der Waals surface area contributed by atoms with Crippen LogP contribution in [0.1, 0.15) is 16.1 Å². The number of thioether (sulfide) groups is 1. The number of hydrogen-bond donors (Lipinski definition) is 2.